The highest BCUT2D eigenvalue weighted by Gasteiger charge is 1.97. The van der Waals surface area contributed by atoms with Crippen LogP contribution >= 0.6 is 0 Å². The molecule has 0 aliphatic carbocycles. The molecule has 0 amide bonds. The van der Waals surface area contributed by atoms with Crippen LogP contribution in [0.3, 0.4) is 0 Å². The van der Waals surface area contributed by atoms with Crippen molar-refractivity contribution in [2.75, 3.05) is 0 Å². The van der Waals surface area contributed by atoms with Gasteiger partial charge in [0.05, 0.1) is 0 Å². The third-order valence-electron chi connectivity index (χ3n) is 2.15. The number of aryl methyl sites for hydroxylation is 1. The largest absolute Gasteiger partial charge is 0.114 e. The molecule has 16 heavy (non-hydrogen) atoms. The number of hydrogen-bond acceptors (Lipinski definition) is 0. The lowest BCUT2D eigenvalue weighted by Gasteiger charge is -2.04. The summed E-state index contributed by atoms with van der Waals surface area (Å²) >= 11 is 0. The summed E-state index contributed by atoms with van der Waals surface area (Å²) in [5.41, 5.74) is 2.11. The second-order valence-electron chi connectivity index (χ2n) is 3.02. The monoisotopic (exact) mass is 212 g/mol. The lowest BCUT2D eigenvalue weighted by molar-refractivity contribution is 1.50. The molecule has 0 aliphatic heterocycles. The minimum Gasteiger partial charge on any atom is -0.0887 e. The summed E-state index contributed by atoms with van der Waals surface area (Å²) in [7, 11) is 5.86. The zero-order valence-electron chi connectivity index (χ0n) is 11.0. The molecule has 84 valence electrons. The van der Waals surface area contributed by atoms with Gasteiger partial charge in [-0.2, -0.15) is 0 Å². The van der Waals surface area contributed by atoms with E-state index in [9.17, 15) is 0 Å². The second-order valence-corrected chi connectivity index (χ2v) is 3.02. The Labute approximate surface area is 101 Å². The van der Waals surface area contributed by atoms with Crippen LogP contribution in [0.2, 0.25) is 0 Å². The zero-order valence-corrected chi connectivity index (χ0v) is 11.0. The van der Waals surface area contributed by atoms with Crippen LogP contribution in [0.1, 0.15) is 33.3 Å². The Bertz CT molecular complexity index is 382. The fourth-order valence-corrected chi connectivity index (χ4v) is 1.56. The lowest BCUT2D eigenvalue weighted by Crippen LogP contribution is -2.03. The highest BCUT2D eigenvalue weighted by molar-refractivity contribution is 6.39. The Morgan fingerprint density at radius 2 is 1.31 bits per heavy atom. The van der Waals surface area contributed by atoms with Gasteiger partial charge in [-0.25, -0.2) is 0 Å². The van der Waals surface area contributed by atoms with Crippen molar-refractivity contribution in [2.24, 2.45) is 0 Å². The van der Waals surface area contributed by atoms with Gasteiger partial charge in [-0.1, -0.05) is 69.6 Å². The summed E-state index contributed by atoms with van der Waals surface area (Å²) in [5, 5.41) is 2.40. The predicted octanol–water partition coefficient (Wildman–Crippen LogP) is 3.99. The molecule has 2 radical (unpaired) electrons. The first-order valence-corrected chi connectivity index (χ1v) is 6.03. The van der Waals surface area contributed by atoms with E-state index in [1.807, 2.05) is 39.8 Å². The fourth-order valence-electron chi connectivity index (χ4n) is 1.56. The Balaban J connectivity index is 0.000000509. The first-order valence-electron chi connectivity index (χ1n) is 6.03. The quantitative estimate of drug-likeness (QED) is 0.579. The number of rotatable bonds is 0. The molecule has 0 unspecified atom stereocenters. The van der Waals surface area contributed by atoms with Crippen molar-refractivity contribution >= 4 is 24.1 Å². The molecule has 0 bridgehead atoms. The van der Waals surface area contributed by atoms with E-state index in [0.717, 1.165) is 5.46 Å². The van der Waals surface area contributed by atoms with Crippen molar-refractivity contribution in [3.8, 4) is 0 Å². The molecule has 0 saturated carbocycles. The van der Waals surface area contributed by atoms with Crippen LogP contribution in [0.4, 0.5) is 0 Å². The first-order chi connectivity index (χ1) is 7.79. The van der Waals surface area contributed by atoms with Crippen molar-refractivity contribution in [1.82, 2.24) is 0 Å². The molecular weight excluding hydrogens is 191 g/mol. The molecule has 0 saturated heterocycles. The third-order valence-corrected chi connectivity index (χ3v) is 2.15. The average Bonchev–Trinajstić information content (AvgIpc) is 2.34. The van der Waals surface area contributed by atoms with Crippen LogP contribution < -0.4 is 5.46 Å². The SMILES string of the molecule is CC.CC.[B]c1cccc2cccc(C)c12. The molecule has 2 aromatic carbocycles. The maximum atomic E-state index is 5.86. The van der Waals surface area contributed by atoms with Crippen LogP contribution in [0.25, 0.3) is 10.8 Å². The fraction of sp³-hybridized carbons (Fsp3) is 0.333. The van der Waals surface area contributed by atoms with E-state index in [-0.39, 0.29) is 0 Å². The molecule has 0 nitrogen and oxygen atoms in total. The van der Waals surface area contributed by atoms with Gasteiger partial charge in [-0.05, 0) is 23.3 Å². The molecule has 2 aromatic rings. The molecular formula is C15H21B. The van der Waals surface area contributed by atoms with Gasteiger partial charge in [0.25, 0.3) is 0 Å². The maximum Gasteiger partial charge on any atom is 0.114 e. The molecule has 0 N–H and O–H groups in total. The van der Waals surface area contributed by atoms with Gasteiger partial charge in [0, 0.05) is 0 Å². The Hall–Kier alpha value is -1.24. The predicted molar refractivity (Wildman–Crippen MR) is 76.8 cm³/mol. The van der Waals surface area contributed by atoms with Crippen molar-refractivity contribution in [2.45, 2.75) is 34.6 Å². The molecule has 0 aliphatic rings. The van der Waals surface area contributed by atoms with Crippen LogP contribution in [0.15, 0.2) is 36.4 Å². The highest BCUT2D eigenvalue weighted by atomic mass is 14.0. The summed E-state index contributed by atoms with van der Waals surface area (Å²) in [5.74, 6) is 0. The van der Waals surface area contributed by atoms with Crippen LogP contribution in [-0.2, 0) is 0 Å². The van der Waals surface area contributed by atoms with Gasteiger partial charge in [-0.3, -0.25) is 0 Å². The summed E-state index contributed by atoms with van der Waals surface area (Å²) < 4.78 is 0. The minimum absolute atomic E-state index is 0.866. The van der Waals surface area contributed by atoms with Crippen LogP contribution in [0, 0.1) is 6.92 Å². The molecule has 0 fully saturated rings. The van der Waals surface area contributed by atoms with E-state index < -0.39 is 0 Å². The van der Waals surface area contributed by atoms with E-state index in [4.69, 9.17) is 7.85 Å². The van der Waals surface area contributed by atoms with E-state index in [0.29, 0.717) is 0 Å². The standard InChI is InChI=1S/C11H9B.2C2H6/c1-8-4-2-5-9-6-3-7-10(12)11(8)9;2*1-2/h2-7H,1H3;2*1-2H3. The van der Waals surface area contributed by atoms with E-state index >= 15 is 0 Å². The van der Waals surface area contributed by atoms with Crippen molar-refractivity contribution in [3.63, 3.8) is 0 Å². The molecule has 1 heteroatoms. The Morgan fingerprint density at radius 1 is 0.812 bits per heavy atom. The molecule has 0 aromatic heterocycles. The summed E-state index contributed by atoms with van der Waals surface area (Å²) in [6, 6.07) is 12.2. The van der Waals surface area contributed by atoms with Gasteiger partial charge in [0.15, 0.2) is 0 Å². The number of hydrogen-bond donors (Lipinski definition) is 0. The molecule has 2 rings (SSSR count). The van der Waals surface area contributed by atoms with Crippen molar-refractivity contribution in [1.29, 1.82) is 0 Å². The maximum absolute atomic E-state index is 5.86. The van der Waals surface area contributed by atoms with Crippen LogP contribution in [-0.4, -0.2) is 7.85 Å². The van der Waals surface area contributed by atoms with E-state index in [1.165, 1.54) is 16.3 Å². The third kappa shape index (κ3) is 3.41. The van der Waals surface area contributed by atoms with E-state index in [2.05, 4.69) is 31.2 Å². The van der Waals surface area contributed by atoms with Gasteiger partial charge in [-0.15, -0.1) is 0 Å². The van der Waals surface area contributed by atoms with Gasteiger partial charge >= 0.3 is 0 Å². The zero-order chi connectivity index (χ0) is 12.6. The Morgan fingerprint density at radius 3 is 1.81 bits per heavy atom. The second kappa shape index (κ2) is 7.98. The summed E-state index contributed by atoms with van der Waals surface area (Å²) in [6.07, 6.45) is 0. The highest BCUT2D eigenvalue weighted by Crippen LogP contribution is 2.14. The van der Waals surface area contributed by atoms with Crippen LogP contribution in [0.5, 0.6) is 0 Å². The normalized spacial score (nSPS) is 8.56. The summed E-state index contributed by atoms with van der Waals surface area (Å²) in [6.45, 7) is 10.1. The Kier molecular flexibility index (Phi) is 7.36. The lowest BCUT2D eigenvalue weighted by atomic mass is 9.88. The van der Waals surface area contributed by atoms with Crippen molar-refractivity contribution in [3.05, 3.63) is 42.0 Å². The van der Waals surface area contributed by atoms with E-state index in [1.54, 1.807) is 0 Å². The summed E-state index contributed by atoms with van der Waals surface area (Å²) in [4.78, 5) is 0. The molecule has 0 heterocycles. The van der Waals surface area contributed by atoms with Gasteiger partial charge in [0.1, 0.15) is 7.85 Å². The molecule has 0 atom stereocenters. The molecule has 0 spiro atoms. The number of fused-ring (bicyclic) bond motifs is 1. The van der Waals surface area contributed by atoms with Gasteiger partial charge < -0.3 is 0 Å². The minimum atomic E-state index is 0.866. The topological polar surface area (TPSA) is 0 Å². The van der Waals surface area contributed by atoms with Gasteiger partial charge in [0.2, 0.25) is 0 Å². The smallest absolute Gasteiger partial charge is 0.0887 e. The average molecular weight is 212 g/mol. The first kappa shape index (κ1) is 14.8. The number of benzene rings is 2. The van der Waals surface area contributed by atoms with Crippen molar-refractivity contribution < 1.29 is 0 Å².